The molecule has 5 nitrogen and oxygen atoms in total. The van der Waals surface area contributed by atoms with E-state index < -0.39 is 0 Å². The number of hydrogen-bond acceptors (Lipinski definition) is 4. The van der Waals surface area contributed by atoms with Crippen molar-refractivity contribution >= 4 is 23.3 Å². The number of nitrogens with one attached hydrogen (secondary N) is 1. The zero-order valence-electron chi connectivity index (χ0n) is 10.9. The van der Waals surface area contributed by atoms with Gasteiger partial charge in [-0.05, 0) is 36.9 Å². The van der Waals surface area contributed by atoms with E-state index in [1.54, 1.807) is 12.1 Å². The summed E-state index contributed by atoms with van der Waals surface area (Å²) in [6.45, 7) is 0.562. The van der Waals surface area contributed by atoms with Crippen molar-refractivity contribution in [3.63, 3.8) is 0 Å². The summed E-state index contributed by atoms with van der Waals surface area (Å²) in [7, 11) is 0. The number of anilines is 1. The van der Waals surface area contributed by atoms with Gasteiger partial charge in [0.05, 0.1) is 0 Å². The summed E-state index contributed by atoms with van der Waals surface area (Å²) in [4.78, 5) is 12.1. The van der Waals surface area contributed by atoms with Gasteiger partial charge >= 0.3 is 0 Å². The highest BCUT2D eigenvalue weighted by Gasteiger charge is 2.33. The van der Waals surface area contributed by atoms with Crippen LogP contribution in [-0.4, -0.2) is 22.6 Å². The zero-order valence-corrected chi connectivity index (χ0v) is 11.6. The highest BCUT2D eigenvalue weighted by Crippen LogP contribution is 2.38. The molecule has 104 valence electrons. The molecule has 0 unspecified atom stereocenters. The van der Waals surface area contributed by atoms with Gasteiger partial charge in [-0.25, -0.2) is 0 Å². The van der Waals surface area contributed by atoms with E-state index >= 15 is 0 Å². The molecule has 1 aliphatic carbocycles. The number of carbonyl (C=O) groups excluding carboxylic acids is 1. The molecule has 0 aromatic carbocycles. The Bertz CT molecular complexity index is 429. The van der Waals surface area contributed by atoms with Crippen LogP contribution in [0.15, 0.2) is 12.1 Å². The van der Waals surface area contributed by atoms with Crippen LogP contribution in [0.1, 0.15) is 38.5 Å². The van der Waals surface area contributed by atoms with E-state index in [1.807, 2.05) is 0 Å². The number of halogens is 1. The molecule has 1 aliphatic rings. The highest BCUT2D eigenvalue weighted by atomic mass is 35.5. The molecule has 1 amide bonds. The maximum atomic E-state index is 12.1. The van der Waals surface area contributed by atoms with E-state index in [-0.39, 0.29) is 11.3 Å². The van der Waals surface area contributed by atoms with Crippen molar-refractivity contribution in [2.75, 3.05) is 11.9 Å². The van der Waals surface area contributed by atoms with Gasteiger partial charge in [-0.1, -0.05) is 30.9 Å². The van der Waals surface area contributed by atoms with Crippen LogP contribution in [0.5, 0.6) is 0 Å². The Morgan fingerprint density at radius 1 is 1.32 bits per heavy atom. The Hall–Kier alpha value is -1.20. The van der Waals surface area contributed by atoms with E-state index in [0.717, 1.165) is 25.7 Å². The zero-order chi connectivity index (χ0) is 13.7. The lowest BCUT2D eigenvalue weighted by Crippen LogP contribution is -2.36. The number of nitrogens with two attached hydrogens (primary N) is 1. The average molecular weight is 283 g/mol. The topological polar surface area (TPSA) is 80.9 Å². The van der Waals surface area contributed by atoms with Crippen LogP contribution in [0.4, 0.5) is 5.82 Å². The normalized spacial score (nSPS) is 18.0. The van der Waals surface area contributed by atoms with Crippen LogP contribution in [0, 0.1) is 5.41 Å². The smallest absolute Gasteiger partial charge is 0.226 e. The van der Waals surface area contributed by atoms with Crippen molar-refractivity contribution in [2.45, 2.75) is 38.5 Å². The van der Waals surface area contributed by atoms with Gasteiger partial charge in [-0.2, -0.15) is 0 Å². The van der Waals surface area contributed by atoms with E-state index in [1.165, 1.54) is 6.42 Å². The number of hydrogen-bond donors (Lipinski definition) is 2. The first-order chi connectivity index (χ1) is 9.13. The first-order valence-corrected chi connectivity index (χ1v) is 7.00. The third kappa shape index (κ3) is 3.88. The standard InChI is InChI=1S/C13H19ClN4O/c14-10-4-5-11(18-17-10)16-12(19)8-13(9-15)6-2-1-3-7-13/h4-5H,1-3,6-9,15H2,(H,16,18,19). The fraction of sp³-hybridized carbons (Fsp3) is 0.615. The molecule has 0 atom stereocenters. The van der Waals surface area contributed by atoms with Crippen LogP contribution in [-0.2, 0) is 4.79 Å². The van der Waals surface area contributed by atoms with Gasteiger partial charge in [0.25, 0.3) is 0 Å². The number of aromatic nitrogens is 2. The fourth-order valence-corrected chi connectivity index (χ4v) is 2.77. The monoisotopic (exact) mass is 282 g/mol. The van der Waals surface area contributed by atoms with E-state index in [4.69, 9.17) is 17.3 Å². The van der Waals surface area contributed by atoms with Crippen molar-refractivity contribution < 1.29 is 4.79 Å². The van der Waals surface area contributed by atoms with Gasteiger partial charge in [-0.15, -0.1) is 10.2 Å². The van der Waals surface area contributed by atoms with Crippen LogP contribution in [0.25, 0.3) is 0 Å². The van der Waals surface area contributed by atoms with Crippen molar-refractivity contribution in [1.82, 2.24) is 10.2 Å². The fourth-order valence-electron chi connectivity index (χ4n) is 2.67. The van der Waals surface area contributed by atoms with Crippen molar-refractivity contribution in [1.29, 1.82) is 0 Å². The highest BCUT2D eigenvalue weighted by molar-refractivity contribution is 6.29. The van der Waals surface area contributed by atoms with Crippen molar-refractivity contribution in [3.8, 4) is 0 Å². The molecule has 0 bridgehead atoms. The second-order valence-electron chi connectivity index (χ2n) is 5.23. The lowest BCUT2D eigenvalue weighted by molar-refractivity contribution is -0.118. The number of nitrogens with zero attached hydrogens (tertiary/aromatic N) is 2. The summed E-state index contributed by atoms with van der Waals surface area (Å²) >= 11 is 5.65. The SMILES string of the molecule is NCC1(CC(=O)Nc2ccc(Cl)nn2)CCCCC1. The van der Waals surface area contributed by atoms with Gasteiger partial charge in [-0.3, -0.25) is 4.79 Å². The molecular formula is C13H19ClN4O. The summed E-state index contributed by atoms with van der Waals surface area (Å²) in [6.07, 6.45) is 6.07. The van der Waals surface area contributed by atoms with Gasteiger partial charge in [0, 0.05) is 6.42 Å². The molecule has 0 saturated heterocycles. The van der Waals surface area contributed by atoms with E-state index in [0.29, 0.717) is 23.9 Å². The minimum absolute atomic E-state index is 0.0395. The average Bonchev–Trinajstić information content (AvgIpc) is 2.42. The maximum Gasteiger partial charge on any atom is 0.226 e. The molecule has 19 heavy (non-hydrogen) atoms. The molecule has 1 saturated carbocycles. The molecule has 1 aromatic rings. The predicted octanol–water partition coefficient (Wildman–Crippen LogP) is 2.37. The molecule has 1 aromatic heterocycles. The third-order valence-corrected chi connectivity index (χ3v) is 3.98. The van der Waals surface area contributed by atoms with Gasteiger partial charge < -0.3 is 11.1 Å². The predicted molar refractivity (Wildman–Crippen MR) is 74.9 cm³/mol. The molecule has 0 spiro atoms. The van der Waals surface area contributed by atoms with Crippen LogP contribution >= 0.6 is 11.6 Å². The molecule has 6 heteroatoms. The van der Waals surface area contributed by atoms with Crippen molar-refractivity contribution in [2.24, 2.45) is 11.1 Å². The molecule has 0 aliphatic heterocycles. The maximum absolute atomic E-state index is 12.1. The summed E-state index contributed by atoms with van der Waals surface area (Å²) < 4.78 is 0. The summed E-state index contributed by atoms with van der Waals surface area (Å²) in [5.41, 5.74) is 5.83. The Balaban J connectivity index is 1.94. The van der Waals surface area contributed by atoms with Crippen LogP contribution < -0.4 is 11.1 Å². The molecule has 0 radical (unpaired) electrons. The Kier molecular flexibility index (Phi) is 4.71. The molecule has 1 fully saturated rings. The third-order valence-electron chi connectivity index (χ3n) is 3.78. The van der Waals surface area contributed by atoms with Crippen LogP contribution in [0.2, 0.25) is 5.15 Å². The first-order valence-electron chi connectivity index (χ1n) is 6.63. The summed E-state index contributed by atoms with van der Waals surface area (Å²) in [6, 6.07) is 3.24. The minimum atomic E-state index is -0.0519. The molecule has 1 heterocycles. The lowest BCUT2D eigenvalue weighted by Gasteiger charge is -2.35. The van der Waals surface area contributed by atoms with Crippen molar-refractivity contribution in [3.05, 3.63) is 17.3 Å². The summed E-state index contributed by atoms with van der Waals surface area (Å²) in [5, 5.41) is 10.6. The van der Waals surface area contributed by atoms with Gasteiger partial charge in [0.2, 0.25) is 5.91 Å². The second-order valence-corrected chi connectivity index (χ2v) is 5.62. The first kappa shape index (κ1) is 14.2. The molecule has 3 N–H and O–H groups in total. The Labute approximate surface area is 117 Å². The molecular weight excluding hydrogens is 264 g/mol. The largest absolute Gasteiger partial charge is 0.330 e. The second kappa shape index (κ2) is 6.30. The Morgan fingerprint density at radius 3 is 2.63 bits per heavy atom. The van der Waals surface area contributed by atoms with Crippen LogP contribution in [0.3, 0.4) is 0 Å². The number of carbonyl (C=O) groups is 1. The van der Waals surface area contributed by atoms with Gasteiger partial charge in [0.15, 0.2) is 11.0 Å². The Morgan fingerprint density at radius 2 is 2.05 bits per heavy atom. The quantitative estimate of drug-likeness (QED) is 0.888. The lowest BCUT2D eigenvalue weighted by atomic mass is 9.71. The number of rotatable bonds is 4. The molecule has 2 rings (SSSR count). The minimum Gasteiger partial charge on any atom is -0.330 e. The van der Waals surface area contributed by atoms with E-state index in [9.17, 15) is 4.79 Å². The summed E-state index contributed by atoms with van der Waals surface area (Å²) in [5.74, 6) is 0.376. The van der Waals surface area contributed by atoms with Gasteiger partial charge in [0.1, 0.15) is 0 Å². The van der Waals surface area contributed by atoms with E-state index in [2.05, 4.69) is 15.5 Å². The number of amides is 1.